The van der Waals surface area contributed by atoms with E-state index in [0.29, 0.717) is 28.9 Å². The summed E-state index contributed by atoms with van der Waals surface area (Å²) >= 11 is 7.67. The number of rotatable bonds is 5. The summed E-state index contributed by atoms with van der Waals surface area (Å²) in [5.74, 6) is 0.674. The zero-order valence-corrected chi connectivity index (χ0v) is 16.5. The highest BCUT2D eigenvalue weighted by Crippen LogP contribution is 2.41. The average Bonchev–Trinajstić information content (AvgIpc) is 3.12. The number of nitrogens with zero attached hydrogens (tertiary/aromatic N) is 1. The van der Waals surface area contributed by atoms with Crippen molar-refractivity contribution >= 4 is 35.2 Å². The summed E-state index contributed by atoms with van der Waals surface area (Å²) in [5.41, 5.74) is 3.04. The second-order valence-corrected chi connectivity index (χ2v) is 8.34. The minimum atomic E-state index is -0.512. The van der Waals surface area contributed by atoms with E-state index in [1.807, 2.05) is 6.92 Å². The number of carbonyl (C=O) groups excluding carboxylic acids is 2. The number of hydroxylamine groups is 1. The lowest BCUT2D eigenvalue weighted by atomic mass is 9.88. The molecule has 0 aromatic heterocycles. The molecule has 2 aliphatic rings. The van der Waals surface area contributed by atoms with Crippen LogP contribution in [0, 0.1) is 5.92 Å². The highest BCUT2D eigenvalue weighted by Gasteiger charge is 2.45. The van der Waals surface area contributed by atoms with Gasteiger partial charge in [0.05, 0.1) is 12.0 Å². The van der Waals surface area contributed by atoms with Gasteiger partial charge in [-0.25, -0.2) is 5.48 Å². The molecule has 0 spiro atoms. The van der Waals surface area contributed by atoms with Crippen LogP contribution in [0.2, 0.25) is 5.02 Å². The third-order valence-corrected chi connectivity index (χ3v) is 6.75. The number of amides is 2. The molecule has 1 aliphatic heterocycles. The van der Waals surface area contributed by atoms with Gasteiger partial charge in [0.15, 0.2) is 0 Å². The molecule has 3 rings (SSSR count). The maximum Gasteiger partial charge on any atom is 0.267 e. The summed E-state index contributed by atoms with van der Waals surface area (Å²) in [6.07, 6.45) is 5.87. The van der Waals surface area contributed by atoms with Gasteiger partial charge < -0.3 is 4.90 Å². The Balaban J connectivity index is 1.84. The lowest BCUT2D eigenvalue weighted by molar-refractivity contribution is -0.137. The SMILES string of the molecule is CCONC(=O)C1CSC(C2CCCCC2)N1C(=O)c1ccc(Cl)cc1. The largest absolute Gasteiger partial charge is 0.313 e. The van der Waals surface area contributed by atoms with Crippen LogP contribution in [0.3, 0.4) is 0 Å². The molecule has 1 aromatic rings. The summed E-state index contributed by atoms with van der Waals surface area (Å²) in [7, 11) is 0. The molecule has 7 heteroatoms. The molecule has 1 saturated heterocycles. The number of hydrogen-bond donors (Lipinski definition) is 1. The first-order chi connectivity index (χ1) is 12.6. The fourth-order valence-corrected chi connectivity index (χ4v) is 5.49. The molecule has 2 unspecified atom stereocenters. The fourth-order valence-electron chi connectivity index (χ4n) is 3.72. The molecule has 1 aromatic carbocycles. The van der Waals surface area contributed by atoms with Gasteiger partial charge in [-0.1, -0.05) is 30.9 Å². The van der Waals surface area contributed by atoms with Crippen molar-refractivity contribution in [2.75, 3.05) is 12.4 Å². The summed E-state index contributed by atoms with van der Waals surface area (Å²) in [4.78, 5) is 32.7. The monoisotopic (exact) mass is 396 g/mol. The Morgan fingerprint density at radius 1 is 1.23 bits per heavy atom. The Labute approximate surface area is 163 Å². The van der Waals surface area contributed by atoms with Crippen LogP contribution < -0.4 is 5.48 Å². The van der Waals surface area contributed by atoms with Gasteiger partial charge in [0, 0.05) is 16.3 Å². The van der Waals surface area contributed by atoms with Gasteiger partial charge in [-0.2, -0.15) is 0 Å². The lowest BCUT2D eigenvalue weighted by Gasteiger charge is -2.35. The highest BCUT2D eigenvalue weighted by molar-refractivity contribution is 8.00. The van der Waals surface area contributed by atoms with E-state index in [9.17, 15) is 9.59 Å². The normalized spacial score (nSPS) is 23.8. The summed E-state index contributed by atoms with van der Waals surface area (Å²) in [5, 5.41) is 0.627. The Morgan fingerprint density at radius 3 is 2.58 bits per heavy atom. The Kier molecular flexibility index (Phi) is 6.84. The second-order valence-electron chi connectivity index (χ2n) is 6.76. The van der Waals surface area contributed by atoms with Crippen LogP contribution in [0.25, 0.3) is 0 Å². The van der Waals surface area contributed by atoms with E-state index in [-0.39, 0.29) is 17.2 Å². The van der Waals surface area contributed by atoms with E-state index < -0.39 is 6.04 Å². The topological polar surface area (TPSA) is 58.6 Å². The van der Waals surface area contributed by atoms with Crippen LogP contribution in [-0.4, -0.2) is 40.5 Å². The van der Waals surface area contributed by atoms with Crippen molar-refractivity contribution in [2.45, 2.75) is 50.4 Å². The fraction of sp³-hybridized carbons (Fsp3) is 0.579. The van der Waals surface area contributed by atoms with Gasteiger partial charge in [0.1, 0.15) is 6.04 Å². The van der Waals surface area contributed by atoms with Crippen molar-refractivity contribution < 1.29 is 14.4 Å². The van der Waals surface area contributed by atoms with Gasteiger partial charge in [-0.3, -0.25) is 14.4 Å². The summed E-state index contributed by atoms with van der Waals surface area (Å²) in [6.45, 7) is 2.20. The van der Waals surface area contributed by atoms with Gasteiger partial charge in [0.2, 0.25) is 0 Å². The Hall–Kier alpha value is -1.24. The number of hydrogen-bond acceptors (Lipinski definition) is 4. The molecule has 1 N–H and O–H groups in total. The van der Waals surface area contributed by atoms with E-state index >= 15 is 0 Å². The molecule has 2 fully saturated rings. The third-order valence-electron chi connectivity index (χ3n) is 5.03. The van der Waals surface area contributed by atoms with Crippen LogP contribution in [0.4, 0.5) is 0 Å². The predicted molar refractivity (Wildman–Crippen MR) is 104 cm³/mol. The van der Waals surface area contributed by atoms with E-state index in [0.717, 1.165) is 12.8 Å². The lowest BCUT2D eigenvalue weighted by Crippen LogP contribution is -2.51. The molecular weight excluding hydrogens is 372 g/mol. The minimum Gasteiger partial charge on any atom is -0.313 e. The van der Waals surface area contributed by atoms with E-state index in [4.69, 9.17) is 16.4 Å². The van der Waals surface area contributed by atoms with Crippen molar-refractivity contribution in [3.63, 3.8) is 0 Å². The van der Waals surface area contributed by atoms with Crippen LogP contribution in [0.15, 0.2) is 24.3 Å². The molecule has 1 heterocycles. The first-order valence-electron chi connectivity index (χ1n) is 9.23. The molecule has 0 radical (unpaired) electrons. The van der Waals surface area contributed by atoms with Crippen molar-refractivity contribution in [3.8, 4) is 0 Å². The number of halogens is 1. The van der Waals surface area contributed by atoms with Crippen molar-refractivity contribution in [3.05, 3.63) is 34.9 Å². The molecule has 2 atom stereocenters. The van der Waals surface area contributed by atoms with Gasteiger partial charge in [-0.05, 0) is 49.9 Å². The molecule has 1 saturated carbocycles. The van der Waals surface area contributed by atoms with E-state index in [1.165, 1.54) is 19.3 Å². The molecule has 5 nitrogen and oxygen atoms in total. The summed E-state index contributed by atoms with van der Waals surface area (Å²) in [6, 6.07) is 6.36. The molecule has 0 bridgehead atoms. The molecule has 1 aliphatic carbocycles. The number of nitrogens with one attached hydrogen (secondary N) is 1. The predicted octanol–water partition coefficient (Wildman–Crippen LogP) is 3.87. The van der Waals surface area contributed by atoms with Crippen molar-refractivity contribution in [1.82, 2.24) is 10.4 Å². The Morgan fingerprint density at radius 2 is 1.92 bits per heavy atom. The number of thioether (sulfide) groups is 1. The highest BCUT2D eigenvalue weighted by atomic mass is 35.5. The molecule has 142 valence electrons. The zero-order valence-electron chi connectivity index (χ0n) is 14.9. The first kappa shape index (κ1) is 19.5. The average molecular weight is 397 g/mol. The minimum absolute atomic E-state index is 0.0378. The molecular formula is C19H25ClN2O3S. The smallest absolute Gasteiger partial charge is 0.267 e. The van der Waals surface area contributed by atoms with Gasteiger partial charge >= 0.3 is 0 Å². The maximum absolute atomic E-state index is 13.2. The number of carbonyl (C=O) groups is 2. The summed E-state index contributed by atoms with van der Waals surface area (Å²) < 4.78 is 0. The van der Waals surface area contributed by atoms with Crippen LogP contribution in [0.1, 0.15) is 49.4 Å². The first-order valence-corrected chi connectivity index (χ1v) is 10.7. The number of benzene rings is 1. The third kappa shape index (κ3) is 4.35. The van der Waals surface area contributed by atoms with E-state index in [1.54, 1.807) is 40.9 Å². The zero-order chi connectivity index (χ0) is 18.5. The van der Waals surface area contributed by atoms with Crippen LogP contribution >= 0.6 is 23.4 Å². The molecule has 26 heavy (non-hydrogen) atoms. The van der Waals surface area contributed by atoms with Crippen LogP contribution in [0.5, 0.6) is 0 Å². The van der Waals surface area contributed by atoms with E-state index in [2.05, 4.69) is 5.48 Å². The standard InChI is InChI=1S/C19H25ClN2O3S/c1-2-25-21-17(23)16-12-26-19(14-6-4-3-5-7-14)22(16)18(24)13-8-10-15(20)11-9-13/h8-11,14,16,19H,2-7,12H2,1H3,(H,21,23). The maximum atomic E-state index is 13.2. The van der Waals surface area contributed by atoms with Crippen molar-refractivity contribution in [2.24, 2.45) is 5.92 Å². The Bertz CT molecular complexity index is 634. The second kappa shape index (κ2) is 9.11. The van der Waals surface area contributed by atoms with Gasteiger partial charge in [-0.15, -0.1) is 11.8 Å². The van der Waals surface area contributed by atoms with Crippen LogP contribution in [-0.2, 0) is 9.63 Å². The van der Waals surface area contributed by atoms with Gasteiger partial charge in [0.25, 0.3) is 11.8 Å². The molecule has 2 amide bonds. The quantitative estimate of drug-likeness (QED) is 0.767. The van der Waals surface area contributed by atoms with Crippen molar-refractivity contribution in [1.29, 1.82) is 0 Å².